The van der Waals surface area contributed by atoms with Crippen molar-refractivity contribution in [3.05, 3.63) is 20.2 Å². The fraction of sp³-hybridized carbons (Fsp3) is 1.00. The zero-order valence-electron chi connectivity index (χ0n) is 12.8. The van der Waals surface area contributed by atoms with Crippen LogP contribution in [0.15, 0.2) is 0 Å². The van der Waals surface area contributed by atoms with Crippen LogP contribution >= 0.6 is 0 Å². The molecule has 0 amide bonds. The molecule has 0 unspecified atom stereocenters. The molecule has 0 saturated carbocycles. The molecule has 0 aliphatic heterocycles. The van der Waals surface area contributed by atoms with Crippen molar-refractivity contribution in [1.29, 1.82) is 0 Å². The first-order valence-electron chi connectivity index (χ1n) is 6.88. The summed E-state index contributed by atoms with van der Waals surface area (Å²) in [5.74, 6) is 0. The lowest BCUT2D eigenvalue weighted by atomic mass is 10.1. The van der Waals surface area contributed by atoms with E-state index < -0.39 is 11.3 Å². The minimum atomic E-state index is -1.09. The second-order valence-corrected chi connectivity index (χ2v) is 5.90. The summed E-state index contributed by atoms with van der Waals surface area (Å²) in [7, 11) is 0. The second-order valence-electron chi connectivity index (χ2n) is 5.90. The van der Waals surface area contributed by atoms with Gasteiger partial charge in [-0.2, -0.15) is 0 Å². The summed E-state index contributed by atoms with van der Waals surface area (Å²) in [6.07, 6.45) is 3.61. The number of nitro groups is 2. The zero-order chi connectivity index (χ0) is 15.8. The maximum atomic E-state index is 10.7. The Balaban J connectivity index is 3.56. The van der Waals surface area contributed by atoms with Gasteiger partial charge in [-0.3, -0.25) is 30.9 Å². The average Bonchev–Trinajstić information content (AvgIpc) is 2.31. The molecule has 0 atom stereocenters. The van der Waals surface area contributed by atoms with Crippen molar-refractivity contribution in [1.82, 2.24) is 10.6 Å². The van der Waals surface area contributed by atoms with E-state index in [9.17, 15) is 20.2 Å². The van der Waals surface area contributed by atoms with Gasteiger partial charge in [-0.1, -0.05) is 12.8 Å². The zero-order valence-corrected chi connectivity index (χ0v) is 12.8. The molecule has 0 aromatic heterocycles. The van der Waals surface area contributed by atoms with Crippen LogP contribution in [-0.4, -0.2) is 34.3 Å². The van der Waals surface area contributed by atoms with Gasteiger partial charge in [-0.15, -0.1) is 0 Å². The van der Waals surface area contributed by atoms with Crippen molar-refractivity contribution >= 4 is 0 Å². The van der Waals surface area contributed by atoms with Crippen LogP contribution in [0.1, 0.15) is 53.4 Å². The number of nitrogens with zero attached hydrogens (tertiary/aromatic N) is 2. The summed E-state index contributed by atoms with van der Waals surface area (Å²) < 4.78 is 0. The van der Waals surface area contributed by atoms with E-state index in [2.05, 4.69) is 10.6 Å². The first-order chi connectivity index (χ1) is 9.09. The van der Waals surface area contributed by atoms with E-state index in [0.29, 0.717) is 13.1 Å². The number of hydrogen-bond acceptors (Lipinski definition) is 6. The van der Waals surface area contributed by atoms with Crippen molar-refractivity contribution in [3.63, 3.8) is 0 Å². The van der Waals surface area contributed by atoms with Gasteiger partial charge in [0.2, 0.25) is 0 Å². The van der Waals surface area contributed by atoms with E-state index in [-0.39, 0.29) is 9.85 Å². The molecule has 0 aromatic rings. The van der Waals surface area contributed by atoms with Crippen molar-refractivity contribution < 1.29 is 9.85 Å². The molecule has 8 heteroatoms. The van der Waals surface area contributed by atoms with Crippen LogP contribution in [0.3, 0.4) is 0 Å². The van der Waals surface area contributed by atoms with Crippen LogP contribution < -0.4 is 10.6 Å². The summed E-state index contributed by atoms with van der Waals surface area (Å²) in [5, 5.41) is 27.1. The first kappa shape index (κ1) is 18.7. The SMILES string of the molecule is CC(C)(NCCCCCCNC(C)(C)[N+](=O)[O-])[N+](=O)[O-]. The van der Waals surface area contributed by atoms with Gasteiger partial charge in [0.1, 0.15) is 0 Å². The molecule has 118 valence electrons. The fourth-order valence-electron chi connectivity index (χ4n) is 1.52. The highest BCUT2D eigenvalue weighted by Gasteiger charge is 2.29. The third-order valence-electron chi connectivity index (χ3n) is 3.13. The number of rotatable bonds is 11. The van der Waals surface area contributed by atoms with Gasteiger partial charge < -0.3 is 0 Å². The van der Waals surface area contributed by atoms with Crippen LogP contribution in [0.25, 0.3) is 0 Å². The van der Waals surface area contributed by atoms with Crippen LogP contribution in [0.2, 0.25) is 0 Å². The molecule has 0 radical (unpaired) electrons. The van der Waals surface area contributed by atoms with Gasteiger partial charge >= 0.3 is 0 Å². The van der Waals surface area contributed by atoms with Crippen LogP contribution in [0.5, 0.6) is 0 Å². The maximum absolute atomic E-state index is 10.7. The number of hydrogen-bond donors (Lipinski definition) is 2. The van der Waals surface area contributed by atoms with E-state index >= 15 is 0 Å². The molecule has 0 rings (SSSR count). The van der Waals surface area contributed by atoms with E-state index in [0.717, 1.165) is 25.7 Å². The predicted molar refractivity (Wildman–Crippen MR) is 76.6 cm³/mol. The van der Waals surface area contributed by atoms with Crippen LogP contribution in [-0.2, 0) is 0 Å². The highest BCUT2D eigenvalue weighted by atomic mass is 16.6. The topological polar surface area (TPSA) is 110 Å². The van der Waals surface area contributed by atoms with Crippen molar-refractivity contribution in [2.75, 3.05) is 13.1 Å². The molecule has 2 N–H and O–H groups in total. The summed E-state index contributed by atoms with van der Waals surface area (Å²) in [6, 6.07) is 0. The van der Waals surface area contributed by atoms with Gasteiger partial charge in [0, 0.05) is 50.6 Å². The molecule has 0 bridgehead atoms. The molecule has 0 spiro atoms. The van der Waals surface area contributed by atoms with Crippen molar-refractivity contribution in [2.24, 2.45) is 0 Å². The molecule has 0 fully saturated rings. The minimum Gasteiger partial charge on any atom is -0.263 e. The van der Waals surface area contributed by atoms with Crippen molar-refractivity contribution in [3.8, 4) is 0 Å². The highest BCUT2D eigenvalue weighted by Crippen LogP contribution is 2.06. The van der Waals surface area contributed by atoms with E-state index in [1.54, 1.807) is 0 Å². The molecule has 0 saturated heterocycles. The fourth-order valence-corrected chi connectivity index (χ4v) is 1.52. The third kappa shape index (κ3) is 7.34. The summed E-state index contributed by atoms with van der Waals surface area (Å²) >= 11 is 0. The third-order valence-corrected chi connectivity index (χ3v) is 3.13. The maximum Gasteiger partial charge on any atom is 0.269 e. The Morgan fingerprint density at radius 2 is 1.05 bits per heavy atom. The normalized spacial score (nSPS) is 12.4. The van der Waals surface area contributed by atoms with Gasteiger partial charge in [0.25, 0.3) is 11.3 Å². The van der Waals surface area contributed by atoms with E-state index in [1.807, 2.05) is 0 Å². The standard InChI is InChI=1S/C12H26N4O4/c1-11(2,15(17)18)13-9-7-5-6-8-10-14-12(3,4)16(19)20/h13-14H,5-10H2,1-4H3. The molecule has 0 aromatic carbocycles. The smallest absolute Gasteiger partial charge is 0.263 e. The van der Waals surface area contributed by atoms with Gasteiger partial charge in [0.05, 0.1) is 0 Å². The van der Waals surface area contributed by atoms with Gasteiger partial charge in [-0.25, -0.2) is 0 Å². The lowest BCUT2D eigenvalue weighted by Crippen LogP contribution is -2.47. The summed E-state index contributed by atoms with van der Waals surface area (Å²) in [5.41, 5.74) is -2.17. The molecule has 0 aliphatic rings. The quantitative estimate of drug-likeness (QED) is 0.259. The highest BCUT2D eigenvalue weighted by molar-refractivity contribution is 4.65. The molecule has 0 heterocycles. The Bertz CT molecular complexity index is 299. The van der Waals surface area contributed by atoms with E-state index in [4.69, 9.17) is 0 Å². The van der Waals surface area contributed by atoms with E-state index in [1.165, 1.54) is 27.7 Å². The molecule has 8 nitrogen and oxygen atoms in total. The van der Waals surface area contributed by atoms with Gasteiger partial charge in [0.15, 0.2) is 0 Å². The number of unbranched alkanes of at least 4 members (excludes halogenated alkanes) is 3. The second kappa shape index (κ2) is 8.11. The molecular weight excluding hydrogens is 264 g/mol. The minimum absolute atomic E-state index is 0.337. The lowest BCUT2D eigenvalue weighted by molar-refractivity contribution is -0.568. The predicted octanol–water partition coefficient (Wildman–Crippen LogP) is 1.75. The summed E-state index contributed by atoms with van der Waals surface area (Å²) in [4.78, 5) is 20.6. The lowest BCUT2D eigenvalue weighted by Gasteiger charge is -2.17. The molecule has 0 aliphatic carbocycles. The Morgan fingerprint density at radius 3 is 1.30 bits per heavy atom. The Morgan fingerprint density at radius 1 is 0.750 bits per heavy atom. The van der Waals surface area contributed by atoms with Gasteiger partial charge in [-0.05, 0) is 12.8 Å². The van der Waals surface area contributed by atoms with Crippen LogP contribution in [0.4, 0.5) is 0 Å². The summed E-state index contributed by atoms with van der Waals surface area (Å²) in [6.45, 7) is 7.35. The number of nitrogens with one attached hydrogen (secondary N) is 2. The van der Waals surface area contributed by atoms with Crippen molar-refractivity contribution in [2.45, 2.75) is 64.7 Å². The Labute approximate surface area is 119 Å². The molecular formula is C12H26N4O4. The monoisotopic (exact) mass is 290 g/mol. The molecule has 20 heavy (non-hydrogen) atoms. The largest absolute Gasteiger partial charge is 0.269 e. The Kier molecular flexibility index (Phi) is 7.59. The van der Waals surface area contributed by atoms with Crippen LogP contribution in [0, 0.1) is 20.2 Å². The first-order valence-corrected chi connectivity index (χ1v) is 6.88. The Hall–Kier alpha value is -1.28. The average molecular weight is 290 g/mol.